The van der Waals surface area contributed by atoms with Gasteiger partial charge in [0.25, 0.3) is 0 Å². The third-order valence-electron chi connectivity index (χ3n) is 3.17. The highest BCUT2D eigenvalue weighted by molar-refractivity contribution is 7.90. The van der Waals surface area contributed by atoms with Gasteiger partial charge in [-0.2, -0.15) is 0 Å². The Hall–Kier alpha value is -0.980. The summed E-state index contributed by atoms with van der Waals surface area (Å²) in [5.41, 5.74) is 0. The van der Waals surface area contributed by atoms with E-state index < -0.39 is 9.84 Å². The Bertz CT molecular complexity index is 603. The minimum Gasteiger partial charge on any atom is -0.484 e. The number of fused-ring (bicyclic) bond motifs is 1. The summed E-state index contributed by atoms with van der Waals surface area (Å²) in [5, 5.41) is 0.255. The van der Waals surface area contributed by atoms with Crippen LogP contribution >= 0.6 is 11.6 Å². The second-order valence-electron chi connectivity index (χ2n) is 4.91. The number of hydrogen-bond acceptors (Lipinski definition) is 5. The summed E-state index contributed by atoms with van der Waals surface area (Å²) in [7, 11) is -1.35. The molecule has 0 aromatic heterocycles. The smallest absolute Gasteiger partial charge is 0.180 e. The zero-order chi connectivity index (χ0) is 14.9. The van der Waals surface area contributed by atoms with Gasteiger partial charge in [0, 0.05) is 18.9 Å². The number of hydrogen-bond donors (Lipinski definition) is 0. The van der Waals surface area contributed by atoms with Gasteiger partial charge >= 0.3 is 0 Å². The molecule has 0 amide bonds. The number of halogens is 1. The van der Waals surface area contributed by atoms with Gasteiger partial charge in [0.2, 0.25) is 0 Å². The highest BCUT2D eigenvalue weighted by atomic mass is 35.5. The van der Waals surface area contributed by atoms with Crippen LogP contribution in [0, 0.1) is 0 Å². The molecule has 1 aromatic carbocycles. The maximum Gasteiger partial charge on any atom is 0.180 e. The van der Waals surface area contributed by atoms with E-state index in [1.165, 1.54) is 12.1 Å². The average Bonchev–Trinajstić information content (AvgIpc) is 2.37. The Balaban J connectivity index is 2.28. The fraction of sp³-hybridized carbons (Fsp3) is 0.538. The lowest BCUT2D eigenvalue weighted by molar-refractivity contribution is 0.0665. The predicted molar refractivity (Wildman–Crippen MR) is 77.6 cm³/mol. The van der Waals surface area contributed by atoms with Gasteiger partial charge in [-0.05, 0) is 19.7 Å². The number of benzene rings is 1. The molecule has 20 heavy (non-hydrogen) atoms. The van der Waals surface area contributed by atoms with Crippen LogP contribution in [0.2, 0.25) is 5.02 Å². The molecule has 7 heteroatoms. The van der Waals surface area contributed by atoms with Crippen molar-refractivity contribution in [3.05, 3.63) is 17.2 Å². The summed E-state index contributed by atoms with van der Waals surface area (Å²) >= 11 is 6.05. The van der Waals surface area contributed by atoms with Crippen LogP contribution in [-0.4, -0.2) is 52.4 Å². The normalized spacial score (nSPS) is 18.4. The minimum absolute atomic E-state index is 0.134. The highest BCUT2D eigenvalue weighted by Gasteiger charge is 2.26. The maximum absolute atomic E-state index is 11.6. The summed E-state index contributed by atoms with van der Waals surface area (Å²) in [5.74, 6) is 0.799. The molecule has 0 radical (unpaired) electrons. The molecule has 0 unspecified atom stereocenters. The molecule has 1 heterocycles. The Morgan fingerprint density at radius 1 is 1.45 bits per heavy atom. The first-order chi connectivity index (χ1) is 9.31. The van der Waals surface area contributed by atoms with Gasteiger partial charge in [0.05, 0.1) is 9.92 Å². The van der Waals surface area contributed by atoms with Crippen LogP contribution in [0.5, 0.6) is 11.5 Å². The van der Waals surface area contributed by atoms with E-state index in [0.29, 0.717) is 24.7 Å². The van der Waals surface area contributed by atoms with Crippen LogP contribution in [-0.2, 0) is 9.84 Å². The number of sulfone groups is 1. The van der Waals surface area contributed by atoms with Crippen LogP contribution in [0.1, 0.15) is 6.92 Å². The molecule has 2 rings (SSSR count). The zero-order valence-corrected chi connectivity index (χ0v) is 13.3. The van der Waals surface area contributed by atoms with Crippen LogP contribution < -0.4 is 9.47 Å². The lowest BCUT2D eigenvalue weighted by atomic mass is 10.2. The largest absolute Gasteiger partial charge is 0.484 e. The second-order valence-corrected chi connectivity index (χ2v) is 7.33. The van der Waals surface area contributed by atoms with Gasteiger partial charge in [-0.25, -0.2) is 8.42 Å². The quantitative estimate of drug-likeness (QED) is 0.847. The molecule has 1 aliphatic rings. The highest BCUT2D eigenvalue weighted by Crippen LogP contribution is 2.40. The van der Waals surface area contributed by atoms with E-state index in [1.54, 1.807) is 0 Å². The monoisotopic (exact) mass is 319 g/mol. The molecule has 5 nitrogen and oxygen atoms in total. The van der Waals surface area contributed by atoms with E-state index in [2.05, 4.69) is 11.8 Å². The molecule has 0 bridgehead atoms. The number of ether oxygens (including phenoxy) is 2. The molecule has 0 saturated carbocycles. The fourth-order valence-corrected chi connectivity index (χ4v) is 2.93. The first-order valence-electron chi connectivity index (χ1n) is 6.33. The zero-order valence-electron chi connectivity index (χ0n) is 11.7. The molecule has 1 atom stereocenters. The maximum atomic E-state index is 11.6. The van der Waals surface area contributed by atoms with Gasteiger partial charge < -0.3 is 14.4 Å². The molecular formula is C13H18ClNO4S. The minimum atomic E-state index is -3.33. The third kappa shape index (κ3) is 3.37. The standard InChI is InChI=1S/C13H18ClNO4S/c1-4-15(2)7-9-8-18-13-11(14)5-10(20(3,16)17)6-12(13)19-9/h5-6,9H,4,7-8H2,1-3H3/t9-/m0/s1. The number of rotatable bonds is 4. The first-order valence-corrected chi connectivity index (χ1v) is 8.59. The number of nitrogens with zero attached hydrogens (tertiary/aromatic N) is 1. The molecule has 112 valence electrons. The summed E-state index contributed by atoms with van der Waals surface area (Å²) in [6, 6.07) is 2.85. The average molecular weight is 320 g/mol. The van der Waals surface area contributed by atoms with Crippen molar-refractivity contribution in [2.24, 2.45) is 0 Å². The summed E-state index contributed by atoms with van der Waals surface area (Å²) < 4.78 is 34.6. The van der Waals surface area contributed by atoms with Crippen molar-refractivity contribution in [3.8, 4) is 11.5 Å². The second kappa shape index (κ2) is 5.79. The molecule has 0 aliphatic carbocycles. The third-order valence-corrected chi connectivity index (χ3v) is 4.55. The van der Waals surface area contributed by atoms with Crippen molar-refractivity contribution in [1.29, 1.82) is 0 Å². The van der Waals surface area contributed by atoms with E-state index >= 15 is 0 Å². The lowest BCUT2D eigenvalue weighted by Crippen LogP contribution is -2.39. The van der Waals surface area contributed by atoms with Gasteiger partial charge in [-0.3, -0.25) is 0 Å². The van der Waals surface area contributed by atoms with Gasteiger partial charge in [-0.15, -0.1) is 0 Å². The van der Waals surface area contributed by atoms with E-state index in [0.717, 1.165) is 12.8 Å². The van der Waals surface area contributed by atoms with Gasteiger partial charge in [0.1, 0.15) is 12.7 Å². The number of likely N-dealkylation sites (N-methyl/N-ethyl adjacent to an activating group) is 1. The molecule has 0 spiro atoms. The van der Waals surface area contributed by atoms with Crippen LogP contribution in [0.25, 0.3) is 0 Å². The van der Waals surface area contributed by atoms with E-state index in [4.69, 9.17) is 21.1 Å². The van der Waals surface area contributed by atoms with Crippen molar-refractivity contribution in [2.45, 2.75) is 17.9 Å². The molecule has 1 aromatic rings. The first kappa shape index (κ1) is 15.4. The fourth-order valence-electron chi connectivity index (χ4n) is 1.94. The predicted octanol–water partition coefficient (Wildman–Crippen LogP) is 1.83. The Labute approximate surface area is 124 Å². The van der Waals surface area contributed by atoms with E-state index in [1.807, 2.05) is 7.05 Å². The van der Waals surface area contributed by atoms with Crippen molar-refractivity contribution in [2.75, 3.05) is 33.0 Å². The van der Waals surface area contributed by atoms with E-state index in [-0.39, 0.29) is 16.0 Å². The van der Waals surface area contributed by atoms with Crippen molar-refractivity contribution in [3.63, 3.8) is 0 Å². The van der Waals surface area contributed by atoms with Crippen LogP contribution in [0.4, 0.5) is 0 Å². The SMILES string of the molecule is CCN(C)C[C@H]1COc2c(Cl)cc(S(C)(=O)=O)cc2O1. The van der Waals surface area contributed by atoms with Crippen molar-refractivity contribution in [1.82, 2.24) is 4.90 Å². The van der Waals surface area contributed by atoms with Gasteiger partial charge in [-0.1, -0.05) is 18.5 Å². The molecule has 0 N–H and O–H groups in total. The van der Waals surface area contributed by atoms with Crippen LogP contribution in [0.15, 0.2) is 17.0 Å². The summed E-state index contributed by atoms with van der Waals surface area (Å²) in [6.07, 6.45) is 0.996. The molecular weight excluding hydrogens is 302 g/mol. The van der Waals surface area contributed by atoms with E-state index in [9.17, 15) is 8.42 Å². The van der Waals surface area contributed by atoms with Crippen molar-refractivity contribution >= 4 is 21.4 Å². The topological polar surface area (TPSA) is 55.8 Å². The summed E-state index contributed by atoms with van der Waals surface area (Å²) in [4.78, 5) is 2.23. The van der Waals surface area contributed by atoms with Crippen LogP contribution in [0.3, 0.4) is 0 Å². The van der Waals surface area contributed by atoms with Crippen molar-refractivity contribution < 1.29 is 17.9 Å². The molecule has 0 fully saturated rings. The summed E-state index contributed by atoms with van der Waals surface area (Å²) in [6.45, 7) is 4.05. The van der Waals surface area contributed by atoms with Gasteiger partial charge in [0.15, 0.2) is 21.3 Å². The molecule has 0 saturated heterocycles. The Kier molecular flexibility index (Phi) is 4.46. The molecule has 1 aliphatic heterocycles. The Morgan fingerprint density at radius 3 is 2.75 bits per heavy atom. The Morgan fingerprint density at radius 2 is 2.15 bits per heavy atom. The lowest BCUT2D eigenvalue weighted by Gasteiger charge is -2.30.